The molecule has 0 spiro atoms. The van der Waals surface area contributed by atoms with Gasteiger partial charge in [0.15, 0.2) is 23.0 Å². The number of pyridine rings is 1. The fourth-order valence-corrected chi connectivity index (χ4v) is 3.30. The van der Waals surface area contributed by atoms with Gasteiger partial charge in [-0.15, -0.1) is 5.10 Å². The van der Waals surface area contributed by atoms with Crippen LogP contribution in [0.2, 0.25) is 0 Å². The first-order valence-corrected chi connectivity index (χ1v) is 9.02. The number of aromatic amines is 1. The van der Waals surface area contributed by atoms with E-state index in [9.17, 15) is 0 Å². The van der Waals surface area contributed by atoms with Crippen LogP contribution in [-0.4, -0.2) is 38.8 Å². The van der Waals surface area contributed by atoms with Gasteiger partial charge in [0.05, 0.1) is 26.1 Å². The van der Waals surface area contributed by atoms with Crippen molar-refractivity contribution in [3.63, 3.8) is 0 Å². The largest absolute Gasteiger partial charge is 0.493 e. The highest BCUT2D eigenvalue weighted by Crippen LogP contribution is 2.31. The quantitative estimate of drug-likeness (QED) is 0.474. The van der Waals surface area contributed by atoms with Crippen molar-refractivity contribution < 1.29 is 9.47 Å². The van der Waals surface area contributed by atoms with E-state index < -0.39 is 0 Å². The number of nitrogens with one attached hydrogen (secondary N) is 2. The van der Waals surface area contributed by atoms with Crippen LogP contribution in [0.5, 0.6) is 11.5 Å². The van der Waals surface area contributed by atoms with Crippen LogP contribution in [0, 0.1) is 0 Å². The van der Waals surface area contributed by atoms with E-state index in [1.165, 1.54) is 0 Å². The van der Waals surface area contributed by atoms with Crippen molar-refractivity contribution in [2.45, 2.75) is 0 Å². The molecule has 4 aromatic heterocycles. The molecule has 144 valence electrons. The predicted octanol–water partition coefficient (Wildman–Crippen LogP) is 4.03. The first-order chi connectivity index (χ1) is 14.2. The average molecular weight is 386 g/mol. The fourth-order valence-electron chi connectivity index (χ4n) is 3.30. The monoisotopic (exact) mass is 386 g/mol. The maximum atomic E-state index is 5.37. The molecule has 0 fully saturated rings. The molecule has 0 aliphatic carbocycles. The van der Waals surface area contributed by atoms with Crippen LogP contribution in [0.1, 0.15) is 0 Å². The summed E-state index contributed by atoms with van der Waals surface area (Å²) >= 11 is 0. The second-order valence-electron chi connectivity index (χ2n) is 6.47. The second kappa shape index (κ2) is 6.83. The van der Waals surface area contributed by atoms with E-state index in [-0.39, 0.29) is 0 Å². The van der Waals surface area contributed by atoms with E-state index in [0.29, 0.717) is 17.3 Å². The van der Waals surface area contributed by atoms with E-state index >= 15 is 0 Å². The number of imidazole rings is 1. The fraction of sp³-hybridized carbons (Fsp3) is 0.0952. The number of methoxy groups -OCH3 is 2. The summed E-state index contributed by atoms with van der Waals surface area (Å²) < 4.78 is 12.5. The van der Waals surface area contributed by atoms with Gasteiger partial charge >= 0.3 is 0 Å². The van der Waals surface area contributed by atoms with Gasteiger partial charge in [-0.3, -0.25) is 4.98 Å². The Hall–Kier alpha value is -4.07. The smallest absolute Gasteiger partial charge is 0.162 e. The molecule has 5 rings (SSSR count). The molecule has 29 heavy (non-hydrogen) atoms. The number of H-pyrrole nitrogens is 1. The molecule has 0 aliphatic heterocycles. The number of rotatable bonds is 5. The van der Waals surface area contributed by atoms with Crippen LogP contribution in [0.15, 0.2) is 61.1 Å². The summed E-state index contributed by atoms with van der Waals surface area (Å²) in [6.07, 6.45) is 5.40. The Morgan fingerprint density at radius 3 is 2.69 bits per heavy atom. The molecule has 0 amide bonds. The molecule has 2 N–H and O–H groups in total. The lowest BCUT2D eigenvalue weighted by atomic mass is 10.2. The molecular formula is C21H18N6O2. The molecule has 8 nitrogen and oxygen atoms in total. The van der Waals surface area contributed by atoms with Gasteiger partial charge in [0.2, 0.25) is 0 Å². The Labute approximate surface area is 166 Å². The SMILES string of the molecule is COc1ccc(Nc2ccc3ncc(-c4cc5cnccc5[nH]4)n3n2)cc1OC. The highest BCUT2D eigenvalue weighted by Gasteiger charge is 2.11. The zero-order valence-electron chi connectivity index (χ0n) is 15.9. The number of aromatic nitrogens is 5. The van der Waals surface area contributed by atoms with Crippen LogP contribution in [0.25, 0.3) is 27.9 Å². The molecule has 4 heterocycles. The van der Waals surface area contributed by atoms with Crippen molar-refractivity contribution in [2.24, 2.45) is 0 Å². The molecule has 5 aromatic rings. The Balaban J connectivity index is 1.52. The second-order valence-corrected chi connectivity index (χ2v) is 6.47. The van der Waals surface area contributed by atoms with Gasteiger partial charge in [-0.2, -0.15) is 0 Å². The minimum Gasteiger partial charge on any atom is -0.493 e. The number of fused-ring (bicyclic) bond motifs is 2. The van der Waals surface area contributed by atoms with Gasteiger partial charge in [-0.05, 0) is 36.4 Å². The van der Waals surface area contributed by atoms with Gasteiger partial charge in [0, 0.05) is 35.1 Å². The van der Waals surface area contributed by atoms with Crippen LogP contribution >= 0.6 is 0 Å². The molecule has 0 radical (unpaired) electrons. The van der Waals surface area contributed by atoms with Crippen LogP contribution < -0.4 is 14.8 Å². The molecule has 1 aromatic carbocycles. The lowest BCUT2D eigenvalue weighted by Crippen LogP contribution is -2.01. The molecule has 0 bridgehead atoms. The van der Waals surface area contributed by atoms with Gasteiger partial charge in [-0.25, -0.2) is 9.50 Å². The van der Waals surface area contributed by atoms with E-state index in [4.69, 9.17) is 14.6 Å². The lowest BCUT2D eigenvalue weighted by Gasteiger charge is -2.11. The molecular weight excluding hydrogens is 368 g/mol. The zero-order valence-corrected chi connectivity index (χ0v) is 15.9. The molecule has 0 aliphatic rings. The van der Waals surface area contributed by atoms with Crippen molar-refractivity contribution in [1.82, 2.24) is 24.6 Å². The number of benzene rings is 1. The molecule has 0 unspecified atom stereocenters. The zero-order chi connectivity index (χ0) is 19.8. The standard InChI is InChI=1S/C21H18N6O2/c1-28-18-4-3-14(10-19(18)29-2)24-20-5-6-21-23-12-17(27(21)26-20)16-9-13-11-22-8-7-15(13)25-16/h3-12,25H,1-2H3,(H,24,26). The predicted molar refractivity (Wildman–Crippen MR) is 111 cm³/mol. The number of nitrogens with zero attached hydrogens (tertiary/aromatic N) is 4. The van der Waals surface area contributed by atoms with Gasteiger partial charge in [0.25, 0.3) is 0 Å². The lowest BCUT2D eigenvalue weighted by molar-refractivity contribution is 0.355. The Bertz CT molecular complexity index is 1290. The van der Waals surface area contributed by atoms with E-state index in [1.807, 2.05) is 48.7 Å². The third kappa shape index (κ3) is 3.00. The Kier molecular flexibility index (Phi) is 4.02. The normalized spacial score (nSPS) is 11.1. The Morgan fingerprint density at radius 2 is 1.86 bits per heavy atom. The summed E-state index contributed by atoms with van der Waals surface area (Å²) in [7, 11) is 3.22. The van der Waals surface area contributed by atoms with Crippen molar-refractivity contribution in [1.29, 1.82) is 0 Å². The van der Waals surface area contributed by atoms with Gasteiger partial charge in [0.1, 0.15) is 5.69 Å². The summed E-state index contributed by atoms with van der Waals surface area (Å²) in [5.74, 6) is 2.00. The van der Waals surface area contributed by atoms with Crippen LogP contribution in [0.4, 0.5) is 11.5 Å². The average Bonchev–Trinajstić information content (AvgIpc) is 3.37. The third-order valence-corrected chi connectivity index (χ3v) is 4.72. The van der Waals surface area contributed by atoms with Crippen LogP contribution in [-0.2, 0) is 0 Å². The molecule has 0 saturated carbocycles. The summed E-state index contributed by atoms with van der Waals surface area (Å²) in [6.45, 7) is 0. The maximum absolute atomic E-state index is 5.37. The minimum absolute atomic E-state index is 0.647. The highest BCUT2D eigenvalue weighted by atomic mass is 16.5. The van der Waals surface area contributed by atoms with Crippen LogP contribution in [0.3, 0.4) is 0 Å². The molecule has 8 heteroatoms. The first-order valence-electron chi connectivity index (χ1n) is 9.02. The van der Waals surface area contributed by atoms with Crippen molar-refractivity contribution in [2.75, 3.05) is 19.5 Å². The topological polar surface area (TPSA) is 89.4 Å². The van der Waals surface area contributed by atoms with Crippen molar-refractivity contribution in [3.8, 4) is 22.9 Å². The third-order valence-electron chi connectivity index (χ3n) is 4.72. The highest BCUT2D eigenvalue weighted by molar-refractivity contribution is 5.84. The van der Waals surface area contributed by atoms with E-state index in [1.54, 1.807) is 31.1 Å². The molecule has 0 saturated heterocycles. The van der Waals surface area contributed by atoms with Crippen molar-refractivity contribution in [3.05, 3.63) is 61.1 Å². The minimum atomic E-state index is 0.647. The summed E-state index contributed by atoms with van der Waals surface area (Å²) in [6, 6.07) is 13.4. The Morgan fingerprint density at radius 1 is 0.966 bits per heavy atom. The van der Waals surface area contributed by atoms with E-state index in [2.05, 4.69) is 20.3 Å². The van der Waals surface area contributed by atoms with Crippen molar-refractivity contribution >= 4 is 28.1 Å². The number of hydrogen-bond acceptors (Lipinski definition) is 6. The number of hydrogen-bond donors (Lipinski definition) is 2. The maximum Gasteiger partial charge on any atom is 0.162 e. The molecule has 0 atom stereocenters. The summed E-state index contributed by atoms with van der Waals surface area (Å²) in [5, 5.41) is 9.05. The summed E-state index contributed by atoms with van der Waals surface area (Å²) in [5.41, 5.74) is 4.41. The van der Waals surface area contributed by atoms with Gasteiger partial charge < -0.3 is 19.8 Å². The summed E-state index contributed by atoms with van der Waals surface area (Å²) in [4.78, 5) is 12.0. The van der Waals surface area contributed by atoms with Gasteiger partial charge in [-0.1, -0.05) is 0 Å². The number of ether oxygens (including phenoxy) is 2. The van der Waals surface area contributed by atoms with E-state index in [0.717, 1.165) is 33.6 Å². The number of anilines is 2. The first kappa shape index (κ1) is 17.1.